The van der Waals surface area contributed by atoms with Gasteiger partial charge in [-0.25, -0.2) is 13.2 Å². The monoisotopic (exact) mass is 381 g/mol. The van der Waals surface area contributed by atoms with Crippen LogP contribution in [0.15, 0.2) is 45.7 Å². The summed E-state index contributed by atoms with van der Waals surface area (Å²) >= 11 is 6.31. The number of rotatable bonds is 5. The van der Waals surface area contributed by atoms with Crippen LogP contribution in [-0.4, -0.2) is 36.2 Å². The van der Waals surface area contributed by atoms with Crippen LogP contribution in [0.5, 0.6) is 0 Å². The Labute approximate surface area is 153 Å². The Morgan fingerprint density at radius 1 is 1.46 bits per heavy atom. The van der Waals surface area contributed by atoms with Crippen molar-refractivity contribution in [3.8, 4) is 0 Å². The molecule has 1 unspecified atom stereocenters. The Hall–Kier alpha value is -2.41. The molecule has 1 atom stereocenters. The number of benzene rings is 1. The first-order valence-corrected chi connectivity index (χ1v) is 8.22. The molecule has 1 heterocycles. The molecule has 26 heavy (non-hydrogen) atoms. The van der Waals surface area contributed by atoms with Gasteiger partial charge in [0.1, 0.15) is 17.9 Å². The van der Waals surface area contributed by atoms with E-state index in [1.807, 2.05) is 0 Å². The fraction of sp³-hybridized carbons (Fsp3) is 0.278. The van der Waals surface area contributed by atoms with Gasteiger partial charge in [-0.15, -0.1) is 5.10 Å². The first-order valence-electron chi connectivity index (χ1n) is 7.84. The van der Waals surface area contributed by atoms with Crippen LogP contribution in [0.3, 0.4) is 0 Å². The number of alkyl halides is 2. The van der Waals surface area contributed by atoms with Crippen molar-refractivity contribution < 1.29 is 18.0 Å². The maximum absolute atomic E-state index is 14.2. The SMILES string of the molecule is C=N/N=C(/CC1CC1(F)F)N1C=CC(c2ccc(C=O)cc2F)=C(Cl)C1. The highest BCUT2D eigenvalue weighted by Crippen LogP contribution is 2.51. The lowest BCUT2D eigenvalue weighted by molar-refractivity contribution is 0.0997. The van der Waals surface area contributed by atoms with Gasteiger partial charge in [0.2, 0.25) is 0 Å². The van der Waals surface area contributed by atoms with Crippen molar-refractivity contribution in [2.24, 2.45) is 16.1 Å². The number of aldehydes is 1. The summed E-state index contributed by atoms with van der Waals surface area (Å²) in [5, 5.41) is 7.61. The first kappa shape index (κ1) is 18.4. The van der Waals surface area contributed by atoms with Crippen LogP contribution in [0.25, 0.3) is 5.57 Å². The highest BCUT2D eigenvalue weighted by atomic mass is 35.5. The van der Waals surface area contributed by atoms with E-state index in [0.717, 1.165) is 6.07 Å². The third kappa shape index (κ3) is 3.72. The number of carbonyl (C=O) groups excluding carboxylic acids is 1. The van der Waals surface area contributed by atoms with Gasteiger partial charge in [0.05, 0.1) is 6.54 Å². The third-order valence-corrected chi connectivity index (χ3v) is 4.67. The number of hydrogen-bond acceptors (Lipinski definition) is 3. The molecule has 4 nitrogen and oxygen atoms in total. The second-order valence-electron chi connectivity index (χ2n) is 6.14. The van der Waals surface area contributed by atoms with E-state index in [9.17, 15) is 18.0 Å². The molecule has 1 saturated carbocycles. The number of allylic oxidation sites excluding steroid dienone is 2. The zero-order valence-corrected chi connectivity index (χ0v) is 14.4. The zero-order chi connectivity index (χ0) is 18.9. The molecule has 1 aromatic carbocycles. The molecular weight excluding hydrogens is 367 g/mol. The van der Waals surface area contributed by atoms with E-state index < -0.39 is 17.7 Å². The van der Waals surface area contributed by atoms with E-state index in [1.165, 1.54) is 12.1 Å². The summed E-state index contributed by atoms with van der Waals surface area (Å²) in [6.45, 7) is 3.42. The Balaban J connectivity index is 1.80. The van der Waals surface area contributed by atoms with Crippen molar-refractivity contribution in [1.82, 2.24) is 4.90 Å². The highest BCUT2D eigenvalue weighted by Gasteiger charge is 2.57. The molecule has 8 heteroatoms. The molecule has 1 aliphatic heterocycles. The van der Waals surface area contributed by atoms with Gasteiger partial charge in [-0.05, 0) is 12.1 Å². The number of amidine groups is 1. The fourth-order valence-electron chi connectivity index (χ4n) is 2.79. The molecule has 136 valence electrons. The minimum absolute atomic E-state index is 0.0538. The van der Waals surface area contributed by atoms with E-state index in [0.29, 0.717) is 22.7 Å². The van der Waals surface area contributed by atoms with Gasteiger partial charge in [-0.3, -0.25) is 4.79 Å². The number of hydrogen-bond donors (Lipinski definition) is 0. The minimum atomic E-state index is -2.67. The average molecular weight is 382 g/mol. The number of halogens is 4. The predicted molar refractivity (Wildman–Crippen MR) is 95.1 cm³/mol. The molecule has 3 rings (SSSR count). The Kier molecular flexibility index (Phi) is 5.00. The van der Waals surface area contributed by atoms with Crippen molar-refractivity contribution in [1.29, 1.82) is 0 Å². The summed E-state index contributed by atoms with van der Waals surface area (Å²) in [7, 11) is 0. The number of nitrogens with zero attached hydrogens (tertiary/aromatic N) is 3. The molecule has 0 bridgehead atoms. The van der Waals surface area contributed by atoms with E-state index in [1.54, 1.807) is 17.2 Å². The average Bonchev–Trinajstić information content (AvgIpc) is 3.21. The second kappa shape index (κ2) is 7.07. The molecule has 0 amide bonds. The lowest BCUT2D eigenvalue weighted by atomic mass is 10.0. The smallest absolute Gasteiger partial charge is 0.252 e. The lowest BCUT2D eigenvalue weighted by Crippen LogP contribution is -2.30. The first-order chi connectivity index (χ1) is 12.4. The molecule has 0 saturated heterocycles. The normalized spacial score (nSPS) is 21.8. The topological polar surface area (TPSA) is 45.0 Å². The molecule has 0 N–H and O–H groups in total. The quantitative estimate of drug-likeness (QED) is 0.327. The van der Waals surface area contributed by atoms with E-state index in [-0.39, 0.29) is 30.5 Å². The molecule has 0 aromatic heterocycles. The van der Waals surface area contributed by atoms with E-state index in [4.69, 9.17) is 11.6 Å². The standard InChI is InChI=1S/C18H15ClF3N3O/c1-23-24-17(7-12-8-18(12,21)22)25-5-4-13(15(19)9-25)14-3-2-11(10-26)6-16(14)20/h2-6,10,12H,1,7-9H2/b24-17-. The molecule has 1 fully saturated rings. The zero-order valence-electron chi connectivity index (χ0n) is 13.6. The minimum Gasteiger partial charge on any atom is -0.330 e. The Morgan fingerprint density at radius 2 is 2.19 bits per heavy atom. The molecule has 1 aromatic rings. The summed E-state index contributed by atoms with van der Waals surface area (Å²) in [6, 6.07) is 4.09. The third-order valence-electron chi connectivity index (χ3n) is 4.34. The largest absolute Gasteiger partial charge is 0.330 e. The summed E-state index contributed by atoms with van der Waals surface area (Å²) < 4.78 is 40.6. The van der Waals surface area contributed by atoms with Crippen LogP contribution in [0.2, 0.25) is 0 Å². The van der Waals surface area contributed by atoms with Gasteiger partial charge >= 0.3 is 0 Å². The van der Waals surface area contributed by atoms with Crippen LogP contribution < -0.4 is 0 Å². The van der Waals surface area contributed by atoms with E-state index >= 15 is 0 Å². The van der Waals surface area contributed by atoms with Gasteiger partial charge in [0.15, 0.2) is 0 Å². The Morgan fingerprint density at radius 3 is 2.73 bits per heavy atom. The van der Waals surface area contributed by atoms with Crippen molar-refractivity contribution in [2.45, 2.75) is 18.8 Å². The maximum Gasteiger partial charge on any atom is 0.252 e. The van der Waals surface area contributed by atoms with Crippen molar-refractivity contribution in [3.63, 3.8) is 0 Å². The summed E-state index contributed by atoms with van der Waals surface area (Å²) in [6.07, 6.45) is 3.61. The van der Waals surface area contributed by atoms with Crippen LogP contribution in [0.1, 0.15) is 28.8 Å². The molecular formula is C18H15ClF3N3O. The maximum atomic E-state index is 14.2. The second-order valence-corrected chi connectivity index (χ2v) is 6.60. The van der Waals surface area contributed by atoms with Crippen molar-refractivity contribution >= 4 is 36.0 Å². The molecule has 0 radical (unpaired) electrons. The molecule has 2 aliphatic rings. The van der Waals surface area contributed by atoms with Gasteiger partial charge < -0.3 is 4.90 Å². The van der Waals surface area contributed by atoms with Crippen LogP contribution in [-0.2, 0) is 0 Å². The summed E-state index contributed by atoms with van der Waals surface area (Å²) in [5.41, 5.74) is 0.937. The summed E-state index contributed by atoms with van der Waals surface area (Å²) in [5.74, 6) is -3.68. The Bertz CT molecular complexity index is 848. The highest BCUT2D eigenvalue weighted by molar-refractivity contribution is 6.33. The van der Waals surface area contributed by atoms with Gasteiger partial charge in [0.25, 0.3) is 5.92 Å². The van der Waals surface area contributed by atoms with Crippen molar-refractivity contribution in [2.75, 3.05) is 6.54 Å². The summed E-state index contributed by atoms with van der Waals surface area (Å²) in [4.78, 5) is 12.3. The predicted octanol–water partition coefficient (Wildman–Crippen LogP) is 4.48. The fourth-order valence-corrected chi connectivity index (χ4v) is 3.08. The van der Waals surface area contributed by atoms with Crippen LogP contribution in [0, 0.1) is 11.7 Å². The van der Waals surface area contributed by atoms with Gasteiger partial charge in [-0.2, -0.15) is 5.10 Å². The number of carbonyl (C=O) groups is 1. The van der Waals surface area contributed by atoms with Crippen LogP contribution >= 0.6 is 11.6 Å². The van der Waals surface area contributed by atoms with Gasteiger partial charge in [0, 0.05) is 53.4 Å². The van der Waals surface area contributed by atoms with E-state index in [2.05, 4.69) is 16.9 Å². The molecule has 0 spiro atoms. The molecule has 1 aliphatic carbocycles. The lowest BCUT2D eigenvalue weighted by Gasteiger charge is -2.26. The van der Waals surface area contributed by atoms with Crippen molar-refractivity contribution in [3.05, 3.63) is 52.5 Å². The van der Waals surface area contributed by atoms with Gasteiger partial charge in [-0.1, -0.05) is 23.7 Å². The van der Waals surface area contributed by atoms with Crippen LogP contribution in [0.4, 0.5) is 13.2 Å².